The highest BCUT2D eigenvalue weighted by Gasteiger charge is 2.14. The van der Waals surface area contributed by atoms with Gasteiger partial charge in [0.25, 0.3) is 0 Å². The van der Waals surface area contributed by atoms with Gasteiger partial charge in [0.1, 0.15) is 5.75 Å². The summed E-state index contributed by atoms with van der Waals surface area (Å²) in [6.07, 6.45) is 3.77. The van der Waals surface area contributed by atoms with Crippen LogP contribution in [-0.2, 0) is 0 Å². The number of phenolic OH excluding ortho intramolecular Hbond substituents is 1. The Hall–Kier alpha value is -1.38. The highest BCUT2D eigenvalue weighted by atomic mass is 16.3. The predicted octanol–water partition coefficient (Wildman–Crippen LogP) is 3.20. The Balaban J connectivity index is 2.13. The molecule has 3 heteroatoms. The molecular formula is C14H22N2O. The Kier molecular flexibility index (Phi) is 3.77. The molecule has 0 radical (unpaired) electrons. The lowest BCUT2D eigenvalue weighted by atomic mass is 10.1. The molecular weight excluding hydrogens is 212 g/mol. The van der Waals surface area contributed by atoms with E-state index in [-0.39, 0.29) is 0 Å². The summed E-state index contributed by atoms with van der Waals surface area (Å²) < 4.78 is 0. The minimum atomic E-state index is 0.384. The van der Waals surface area contributed by atoms with Gasteiger partial charge < -0.3 is 15.3 Å². The summed E-state index contributed by atoms with van der Waals surface area (Å²) in [5.74, 6) is 0.387. The molecule has 1 aromatic carbocycles. The number of rotatable bonds is 3. The molecule has 1 fully saturated rings. The van der Waals surface area contributed by atoms with Crippen molar-refractivity contribution in [1.29, 1.82) is 0 Å². The van der Waals surface area contributed by atoms with Crippen molar-refractivity contribution in [2.45, 2.75) is 39.2 Å². The number of phenols is 1. The van der Waals surface area contributed by atoms with Crippen molar-refractivity contribution in [2.75, 3.05) is 23.3 Å². The molecule has 0 aliphatic carbocycles. The Morgan fingerprint density at radius 1 is 1.18 bits per heavy atom. The van der Waals surface area contributed by atoms with E-state index in [1.807, 2.05) is 18.2 Å². The van der Waals surface area contributed by atoms with Crippen LogP contribution in [0.4, 0.5) is 11.4 Å². The standard InChI is InChI=1S/C14H22N2O/c1-11(2)15-12-6-7-13(14(17)10-12)16-8-4-3-5-9-16/h6-7,10-11,15,17H,3-5,8-9H2,1-2H3. The van der Waals surface area contributed by atoms with Gasteiger partial charge in [0.15, 0.2) is 0 Å². The maximum absolute atomic E-state index is 10.1. The van der Waals surface area contributed by atoms with E-state index in [1.165, 1.54) is 19.3 Å². The highest BCUT2D eigenvalue weighted by molar-refractivity contribution is 5.64. The zero-order chi connectivity index (χ0) is 12.3. The molecule has 0 bridgehead atoms. The van der Waals surface area contributed by atoms with Gasteiger partial charge in [-0.1, -0.05) is 0 Å². The molecule has 0 amide bonds. The van der Waals surface area contributed by atoms with E-state index in [2.05, 4.69) is 24.1 Å². The third-order valence-electron chi connectivity index (χ3n) is 3.13. The van der Waals surface area contributed by atoms with Crippen molar-refractivity contribution in [2.24, 2.45) is 0 Å². The van der Waals surface area contributed by atoms with Crippen LogP contribution >= 0.6 is 0 Å². The normalized spacial score (nSPS) is 16.3. The minimum Gasteiger partial charge on any atom is -0.506 e. The van der Waals surface area contributed by atoms with Crippen LogP contribution in [0.15, 0.2) is 18.2 Å². The fourth-order valence-electron chi connectivity index (χ4n) is 2.35. The van der Waals surface area contributed by atoms with Crippen LogP contribution in [0.2, 0.25) is 0 Å². The van der Waals surface area contributed by atoms with E-state index >= 15 is 0 Å². The van der Waals surface area contributed by atoms with Crippen LogP contribution in [-0.4, -0.2) is 24.2 Å². The summed E-state index contributed by atoms with van der Waals surface area (Å²) in [6.45, 7) is 6.31. The average molecular weight is 234 g/mol. The lowest BCUT2D eigenvalue weighted by Gasteiger charge is -2.29. The van der Waals surface area contributed by atoms with E-state index in [1.54, 1.807) is 0 Å². The van der Waals surface area contributed by atoms with Crippen LogP contribution in [0.5, 0.6) is 5.75 Å². The molecule has 0 spiro atoms. The van der Waals surface area contributed by atoms with Crippen molar-refractivity contribution >= 4 is 11.4 Å². The lowest BCUT2D eigenvalue weighted by molar-refractivity contribution is 0.469. The summed E-state index contributed by atoms with van der Waals surface area (Å²) >= 11 is 0. The second-order valence-corrected chi connectivity index (χ2v) is 5.05. The quantitative estimate of drug-likeness (QED) is 0.843. The highest BCUT2D eigenvalue weighted by Crippen LogP contribution is 2.32. The maximum atomic E-state index is 10.1. The first-order valence-electron chi connectivity index (χ1n) is 6.51. The van der Waals surface area contributed by atoms with Crippen LogP contribution in [0.1, 0.15) is 33.1 Å². The number of anilines is 2. The molecule has 0 unspecified atom stereocenters. The number of nitrogens with zero attached hydrogens (tertiary/aromatic N) is 1. The zero-order valence-corrected chi connectivity index (χ0v) is 10.7. The Morgan fingerprint density at radius 2 is 1.88 bits per heavy atom. The van der Waals surface area contributed by atoms with E-state index < -0.39 is 0 Å². The van der Waals surface area contributed by atoms with Gasteiger partial charge in [-0.15, -0.1) is 0 Å². The van der Waals surface area contributed by atoms with E-state index in [0.717, 1.165) is 24.5 Å². The molecule has 3 nitrogen and oxygen atoms in total. The average Bonchev–Trinajstić information content (AvgIpc) is 2.29. The van der Waals surface area contributed by atoms with Gasteiger partial charge in [0.05, 0.1) is 5.69 Å². The lowest BCUT2D eigenvalue weighted by Crippen LogP contribution is -2.29. The second-order valence-electron chi connectivity index (χ2n) is 5.05. The summed E-state index contributed by atoms with van der Waals surface area (Å²) in [7, 11) is 0. The van der Waals surface area contributed by atoms with Crippen LogP contribution < -0.4 is 10.2 Å². The molecule has 0 saturated carbocycles. The molecule has 94 valence electrons. The fourth-order valence-corrected chi connectivity index (χ4v) is 2.35. The van der Waals surface area contributed by atoms with Gasteiger partial charge >= 0.3 is 0 Å². The number of aromatic hydroxyl groups is 1. The summed E-state index contributed by atoms with van der Waals surface area (Å²) in [6, 6.07) is 6.27. The van der Waals surface area contributed by atoms with E-state index in [0.29, 0.717) is 11.8 Å². The second kappa shape index (κ2) is 5.30. The predicted molar refractivity (Wildman–Crippen MR) is 72.9 cm³/mol. The van der Waals surface area contributed by atoms with Crippen molar-refractivity contribution in [1.82, 2.24) is 0 Å². The van der Waals surface area contributed by atoms with Crippen molar-refractivity contribution < 1.29 is 5.11 Å². The van der Waals surface area contributed by atoms with E-state index in [4.69, 9.17) is 0 Å². The third kappa shape index (κ3) is 3.05. The monoisotopic (exact) mass is 234 g/mol. The Bertz CT molecular complexity index is 370. The number of benzene rings is 1. The SMILES string of the molecule is CC(C)Nc1ccc(N2CCCCC2)c(O)c1. The zero-order valence-electron chi connectivity index (χ0n) is 10.7. The van der Waals surface area contributed by atoms with Gasteiger partial charge in [-0.3, -0.25) is 0 Å². The molecule has 17 heavy (non-hydrogen) atoms. The first-order valence-corrected chi connectivity index (χ1v) is 6.51. The van der Waals surface area contributed by atoms with Crippen molar-refractivity contribution in [3.63, 3.8) is 0 Å². The van der Waals surface area contributed by atoms with Crippen LogP contribution in [0.25, 0.3) is 0 Å². The molecule has 1 aliphatic heterocycles. The van der Waals surface area contributed by atoms with Crippen LogP contribution in [0, 0.1) is 0 Å². The number of nitrogens with one attached hydrogen (secondary N) is 1. The first kappa shape index (κ1) is 12.1. The topological polar surface area (TPSA) is 35.5 Å². The maximum Gasteiger partial charge on any atom is 0.140 e. The summed E-state index contributed by atoms with van der Waals surface area (Å²) in [5.41, 5.74) is 1.96. The smallest absolute Gasteiger partial charge is 0.140 e. The fraction of sp³-hybridized carbons (Fsp3) is 0.571. The van der Waals surface area contributed by atoms with Crippen molar-refractivity contribution in [3.05, 3.63) is 18.2 Å². The van der Waals surface area contributed by atoms with Gasteiger partial charge in [-0.25, -0.2) is 0 Å². The van der Waals surface area contributed by atoms with Gasteiger partial charge in [0, 0.05) is 30.9 Å². The molecule has 2 N–H and O–H groups in total. The molecule has 1 heterocycles. The van der Waals surface area contributed by atoms with Gasteiger partial charge in [0.2, 0.25) is 0 Å². The molecule has 1 saturated heterocycles. The number of hydrogen-bond donors (Lipinski definition) is 2. The molecule has 1 aliphatic rings. The summed E-state index contributed by atoms with van der Waals surface area (Å²) in [5, 5.41) is 13.4. The first-order chi connectivity index (χ1) is 8.16. The molecule has 2 rings (SSSR count). The minimum absolute atomic E-state index is 0.384. The van der Waals surface area contributed by atoms with E-state index in [9.17, 15) is 5.11 Å². The van der Waals surface area contributed by atoms with Crippen LogP contribution in [0.3, 0.4) is 0 Å². The number of piperidine rings is 1. The van der Waals surface area contributed by atoms with Crippen molar-refractivity contribution in [3.8, 4) is 5.75 Å². The van der Waals surface area contributed by atoms with Gasteiger partial charge in [-0.2, -0.15) is 0 Å². The Morgan fingerprint density at radius 3 is 2.47 bits per heavy atom. The summed E-state index contributed by atoms with van der Waals surface area (Å²) in [4.78, 5) is 2.28. The number of hydrogen-bond acceptors (Lipinski definition) is 3. The molecule has 0 aromatic heterocycles. The largest absolute Gasteiger partial charge is 0.506 e. The van der Waals surface area contributed by atoms with Gasteiger partial charge in [-0.05, 0) is 45.2 Å². The molecule has 0 atom stereocenters. The third-order valence-corrected chi connectivity index (χ3v) is 3.13. The molecule has 1 aromatic rings. The Labute approximate surface area is 103 Å².